The molecule has 1 N–H and O–H groups in total. The van der Waals surface area contributed by atoms with Crippen LogP contribution in [0, 0.1) is 23.7 Å². The van der Waals surface area contributed by atoms with Gasteiger partial charge in [-0.15, -0.1) is 0 Å². The molecule has 1 nitrogen and oxygen atoms in total. The number of nitrogens with one attached hydrogen (secondary N) is 1. The molecule has 0 aromatic rings. The highest BCUT2D eigenvalue weighted by molar-refractivity contribution is 4.90. The lowest BCUT2D eigenvalue weighted by Crippen LogP contribution is -2.28. The van der Waals surface area contributed by atoms with Crippen LogP contribution in [0.4, 0.5) is 0 Å². The van der Waals surface area contributed by atoms with Crippen molar-refractivity contribution in [3.05, 3.63) is 0 Å². The van der Waals surface area contributed by atoms with Crippen molar-refractivity contribution in [1.29, 1.82) is 0 Å². The molecule has 0 aliphatic heterocycles. The quantitative estimate of drug-likeness (QED) is 0.700. The third kappa shape index (κ3) is 2.45. The van der Waals surface area contributed by atoms with Crippen molar-refractivity contribution in [2.45, 2.75) is 57.8 Å². The fraction of sp³-hybridized carbons (Fsp3) is 1.00. The van der Waals surface area contributed by atoms with Gasteiger partial charge in [0.2, 0.25) is 0 Å². The molecule has 3 rings (SSSR count). The van der Waals surface area contributed by atoms with Crippen LogP contribution in [0.5, 0.6) is 0 Å². The average molecular weight is 221 g/mol. The van der Waals surface area contributed by atoms with Crippen molar-refractivity contribution in [1.82, 2.24) is 5.32 Å². The van der Waals surface area contributed by atoms with E-state index in [1.807, 2.05) is 0 Å². The van der Waals surface area contributed by atoms with Gasteiger partial charge < -0.3 is 5.32 Å². The molecular weight excluding hydrogens is 194 g/mol. The molecule has 3 saturated carbocycles. The van der Waals surface area contributed by atoms with Crippen molar-refractivity contribution in [2.24, 2.45) is 23.7 Å². The SMILES string of the molecule is C1CCC(CCNCC2CC3CCC2C3)C1. The second kappa shape index (κ2) is 5.08. The highest BCUT2D eigenvalue weighted by Gasteiger charge is 2.38. The Kier molecular flexibility index (Phi) is 3.51. The molecule has 1 heteroatoms. The van der Waals surface area contributed by atoms with Gasteiger partial charge in [0.25, 0.3) is 0 Å². The Hall–Kier alpha value is -0.0400. The topological polar surface area (TPSA) is 12.0 Å². The normalized spacial score (nSPS) is 38.6. The summed E-state index contributed by atoms with van der Waals surface area (Å²) < 4.78 is 0. The van der Waals surface area contributed by atoms with E-state index in [-0.39, 0.29) is 0 Å². The Bertz CT molecular complexity index is 219. The summed E-state index contributed by atoms with van der Waals surface area (Å²) in [6.45, 7) is 2.62. The van der Waals surface area contributed by atoms with Crippen LogP contribution in [0.15, 0.2) is 0 Å². The molecule has 3 aliphatic carbocycles. The monoisotopic (exact) mass is 221 g/mol. The minimum atomic E-state index is 1.04. The molecule has 16 heavy (non-hydrogen) atoms. The van der Waals surface area contributed by atoms with E-state index < -0.39 is 0 Å². The van der Waals surface area contributed by atoms with E-state index in [0.29, 0.717) is 0 Å². The Labute approximate surface area is 100 Å². The summed E-state index contributed by atoms with van der Waals surface area (Å²) in [5.74, 6) is 4.32. The molecule has 3 fully saturated rings. The fourth-order valence-corrected chi connectivity index (χ4v) is 4.52. The number of hydrogen-bond acceptors (Lipinski definition) is 1. The maximum Gasteiger partial charge on any atom is -0.00178 e. The second-order valence-electron chi connectivity index (χ2n) is 6.58. The van der Waals surface area contributed by atoms with Crippen molar-refractivity contribution >= 4 is 0 Å². The summed E-state index contributed by atoms with van der Waals surface area (Å²) in [6, 6.07) is 0. The third-order valence-electron chi connectivity index (χ3n) is 5.50. The van der Waals surface area contributed by atoms with Gasteiger partial charge in [0, 0.05) is 0 Å². The highest BCUT2D eigenvalue weighted by Crippen LogP contribution is 2.47. The number of fused-ring (bicyclic) bond motifs is 2. The lowest BCUT2D eigenvalue weighted by Gasteiger charge is -2.22. The standard InChI is InChI=1S/C15H27N/c1-2-4-12(3-1)7-8-16-11-15-10-13-5-6-14(15)9-13/h12-16H,1-11H2. The first-order chi connectivity index (χ1) is 7.92. The molecule has 0 aromatic heterocycles. The Morgan fingerprint density at radius 2 is 1.81 bits per heavy atom. The van der Waals surface area contributed by atoms with Gasteiger partial charge in [-0.05, 0) is 62.4 Å². The van der Waals surface area contributed by atoms with Crippen molar-refractivity contribution in [2.75, 3.05) is 13.1 Å². The van der Waals surface area contributed by atoms with Crippen LogP contribution in [0.25, 0.3) is 0 Å². The highest BCUT2D eigenvalue weighted by atomic mass is 14.9. The van der Waals surface area contributed by atoms with Crippen LogP contribution in [0.3, 0.4) is 0 Å². The molecular formula is C15H27N. The molecule has 0 amide bonds. The average Bonchev–Trinajstić information content (AvgIpc) is 3.01. The Morgan fingerprint density at radius 1 is 0.938 bits per heavy atom. The molecule has 3 aliphatic rings. The molecule has 0 heterocycles. The summed E-state index contributed by atoms with van der Waals surface area (Å²) in [6.07, 6.45) is 13.7. The van der Waals surface area contributed by atoms with Gasteiger partial charge >= 0.3 is 0 Å². The smallest absolute Gasteiger partial charge is 0.00178 e. The van der Waals surface area contributed by atoms with E-state index in [4.69, 9.17) is 0 Å². The fourth-order valence-electron chi connectivity index (χ4n) is 4.52. The van der Waals surface area contributed by atoms with Gasteiger partial charge in [-0.2, -0.15) is 0 Å². The van der Waals surface area contributed by atoms with Gasteiger partial charge in [0.15, 0.2) is 0 Å². The molecule has 3 atom stereocenters. The Morgan fingerprint density at radius 3 is 2.50 bits per heavy atom. The van der Waals surface area contributed by atoms with Crippen LogP contribution < -0.4 is 5.32 Å². The summed E-state index contributed by atoms with van der Waals surface area (Å²) >= 11 is 0. The first-order valence-electron chi connectivity index (χ1n) is 7.62. The van der Waals surface area contributed by atoms with E-state index in [0.717, 1.165) is 23.7 Å². The lowest BCUT2D eigenvalue weighted by atomic mass is 9.89. The minimum absolute atomic E-state index is 1.04. The van der Waals surface area contributed by atoms with E-state index in [1.165, 1.54) is 45.2 Å². The van der Waals surface area contributed by atoms with Crippen molar-refractivity contribution in [3.8, 4) is 0 Å². The van der Waals surface area contributed by atoms with Crippen molar-refractivity contribution < 1.29 is 0 Å². The first-order valence-corrected chi connectivity index (χ1v) is 7.62. The molecule has 0 spiro atoms. The van der Waals surface area contributed by atoms with Gasteiger partial charge in [-0.1, -0.05) is 32.1 Å². The van der Waals surface area contributed by atoms with Gasteiger partial charge in [-0.25, -0.2) is 0 Å². The van der Waals surface area contributed by atoms with E-state index in [1.54, 1.807) is 25.7 Å². The number of rotatable bonds is 5. The summed E-state index contributed by atoms with van der Waals surface area (Å²) in [5.41, 5.74) is 0. The first kappa shape index (κ1) is 11.1. The molecule has 0 aromatic carbocycles. The summed E-state index contributed by atoms with van der Waals surface area (Å²) in [7, 11) is 0. The number of hydrogen-bond donors (Lipinski definition) is 1. The third-order valence-corrected chi connectivity index (χ3v) is 5.50. The zero-order valence-corrected chi connectivity index (χ0v) is 10.6. The lowest BCUT2D eigenvalue weighted by molar-refractivity contribution is 0.315. The molecule has 2 bridgehead atoms. The van der Waals surface area contributed by atoms with Gasteiger partial charge in [0.05, 0.1) is 0 Å². The molecule has 92 valence electrons. The Balaban J connectivity index is 1.29. The van der Waals surface area contributed by atoms with Crippen LogP contribution in [-0.2, 0) is 0 Å². The van der Waals surface area contributed by atoms with Gasteiger partial charge in [-0.3, -0.25) is 0 Å². The molecule has 3 unspecified atom stereocenters. The zero-order chi connectivity index (χ0) is 10.8. The van der Waals surface area contributed by atoms with Crippen LogP contribution in [0.1, 0.15) is 57.8 Å². The van der Waals surface area contributed by atoms with E-state index in [2.05, 4.69) is 5.32 Å². The van der Waals surface area contributed by atoms with Crippen LogP contribution in [-0.4, -0.2) is 13.1 Å². The summed E-state index contributed by atoms with van der Waals surface area (Å²) in [5, 5.41) is 3.74. The molecule has 0 saturated heterocycles. The van der Waals surface area contributed by atoms with E-state index in [9.17, 15) is 0 Å². The van der Waals surface area contributed by atoms with E-state index >= 15 is 0 Å². The van der Waals surface area contributed by atoms with Crippen LogP contribution >= 0.6 is 0 Å². The maximum absolute atomic E-state index is 3.74. The largest absolute Gasteiger partial charge is 0.316 e. The zero-order valence-electron chi connectivity index (χ0n) is 10.6. The van der Waals surface area contributed by atoms with Crippen LogP contribution in [0.2, 0.25) is 0 Å². The maximum atomic E-state index is 3.74. The predicted octanol–water partition coefficient (Wildman–Crippen LogP) is 3.59. The van der Waals surface area contributed by atoms with Gasteiger partial charge in [0.1, 0.15) is 0 Å². The van der Waals surface area contributed by atoms with Crippen molar-refractivity contribution in [3.63, 3.8) is 0 Å². The second-order valence-corrected chi connectivity index (χ2v) is 6.58. The minimum Gasteiger partial charge on any atom is -0.316 e. The predicted molar refractivity (Wildman–Crippen MR) is 68.4 cm³/mol. The summed E-state index contributed by atoms with van der Waals surface area (Å²) in [4.78, 5) is 0. The molecule has 0 radical (unpaired) electrons.